The third kappa shape index (κ3) is 5.18. The molecule has 1 aliphatic rings. The Morgan fingerprint density at radius 2 is 1.80 bits per heavy atom. The zero-order valence-corrected chi connectivity index (χ0v) is 15.3. The quantitative estimate of drug-likeness (QED) is 0.532. The van der Waals surface area contributed by atoms with Crippen LogP contribution in [0.4, 0.5) is 0 Å². The van der Waals surface area contributed by atoms with Crippen LogP contribution in [0.5, 0.6) is 0 Å². The smallest absolute Gasteiger partial charge is 0.333 e. The van der Waals surface area contributed by atoms with Gasteiger partial charge in [0.15, 0.2) is 0 Å². The Morgan fingerprint density at radius 3 is 2.36 bits per heavy atom. The Morgan fingerprint density at radius 1 is 1.16 bits per heavy atom. The van der Waals surface area contributed by atoms with Crippen LogP contribution in [0.2, 0.25) is 0 Å². The van der Waals surface area contributed by atoms with Gasteiger partial charge in [-0.05, 0) is 44.6 Å². The molecule has 4 nitrogen and oxygen atoms in total. The first-order valence-corrected chi connectivity index (χ1v) is 9.10. The monoisotopic (exact) mass is 344 g/mol. The van der Waals surface area contributed by atoms with Crippen LogP contribution in [0, 0.1) is 0 Å². The summed E-state index contributed by atoms with van der Waals surface area (Å²) < 4.78 is 11.3. The van der Waals surface area contributed by atoms with Gasteiger partial charge in [-0.25, -0.2) is 4.79 Å². The molecule has 2 rings (SSSR count). The van der Waals surface area contributed by atoms with Gasteiger partial charge in [0.2, 0.25) is 0 Å². The molecule has 0 spiro atoms. The largest absolute Gasteiger partial charge is 0.458 e. The normalized spacial score (nSPS) is 17.4. The molecule has 1 atom stereocenters. The van der Waals surface area contributed by atoms with Crippen molar-refractivity contribution >= 4 is 11.9 Å². The maximum absolute atomic E-state index is 12.6. The third-order valence-corrected chi connectivity index (χ3v) is 4.74. The number of hydrogen-bond acceptors (Lipinski definition) is 4. The summed E-state index contributed by atoms with van der Waals surface area (Å²) >= 11 is 0. The van der Waals surface area contributed by atoms with E-state index in [1.807, 2.05) is 37.3 Å². The van der Waals surface area contributed by atoms with Crippen LogP contribution >= 0.6 is 0 Å². The van der Waals surface area contributed by atoms with Crippen LogP contribution in [0.3, 0.4) is 0 Å². The van der Waals surface area contributed by atoms with E-state index in [9.17, 15) is 9.59 Å². The number of carbonyl (C=O) groups excluding carboxylic acids is 2. The second-order valence-corrected chi connectivity index (χ2v) is 6.82. The predicted octanol–water partition coefficient (Wildman–Crippen LogP) is 4.68. The first-order valence-electron chi connectivity index (χ1n) is 9.10. The van der Waals surface area contributed by atoms with E-state index in [-0.39, 0.29) is 12.4 Å². The first-order chi connectivity index (χ1) is 12.0. The third-order valence-electron chi connectivity index (χ3n) is 4.74. The minimum absolute atomic E-state index is 0.0735. The Kier molecular flexibility index (Phi) is 6.80. The molecule has 1 fully saturated rings. The molecule has 0 amide bonds. The Balaban J connectivity index is 2.07. The Bertz CT molecular complexity index is 600. The number of benzene rings is 1. The van der Waals surface area contributed by atoms with E-state index in [1.165, 1.54) is 6.42 Å². The van der Waals surface area contributed by atoms with Crippen molar-refractivity contribution in [2.24, 2.45) is 0 Å². The average Bonchev–Trinajstić information content (AvgIpc) is 2.62. The lowest BCUT2D eigenvalue weighted by atomic mass is 9.79. The van der Waals surface area contributed by atoms with E-state index in [1.54, 1.807) is 6.92 Å². The summed E-state index contributed by atoms with van der Waals surface area (Å²) in [6.45, 7) is 7.06. The SMILES string of the molecule is C=C(C)C(=O)OC(CC)CC(=O)OC1(c2ccccc2)CCCCC1. The van der Waals surface area contributed by atoms with Gasteiger partial charge in [0.1, 0.15) is 11.7 Å². The summed E-state index contributed by atoms with van der Waals surface area (Å²) in [5.74, 6) is -0.776. The molecular weight excluding hydrogens is 316 g/mol. The van der Waals surface area contributed by atoms with Crippen LogP contribution in [-0.4, -0.2) is 18.0 Å². The summed E-state index contributed by atoms with van der Waals surface area (Å²) in [5, 5.41) is 0. The van der Waals surface area contributed by atoms with E-state index in [4.69, 9.17) is 9.47 Å². The maximum atomic E-state index is 12.6. The lowest BCUT2D eigenvalue weighted by molar-refractivity contribution is -0.169. The Hall–Kier alpha value is -2.10. The highest BCUT2D eigenvalue weighted by Gasteiger charge is 2.38. The van der Waals surface area contributed by atoms with Crippen molar-refractivity contribution in [1.82, 2.24) is 0 Å². The summed E-state index contributed by atoms with van der Waals surface area (Å²) in [6, 6.07) is 9.96. The van der Waals surface area contributed by atoms with Crippen molar-refractivity contribution in [2.75, 3.05) is 0 Å². The fourth-order valence-corrected chi connectivity index (χ4v) is 3.28. The van der Waals surface area contributed by atoms with Gasteiger partial charge in [-0.1, -0.05) is 50.3 Å². The van der Waals surface area contributed by atoms with Crippen molar-refractivity contribution in [1.29, 1.82) is 0 Å². The fourth-order valence-electron chi connectivity index (χ4n) is 3.28. The molecule has 4 heteroatoms. The highest BCUT2D eigenvalue weighted by molar-refractivity contribution is 5.87. The summed E-state index contributed by atoms with van der Waals surface area (Å²) in [4.78, 5) is 24.3. The highest BCUT2D eigenvalue weighted by Crippen LogP contribution is 2.40. The summed E-state index contributed by atoms with van der Waals surface area (Å²) in [6.07, 6.45) is 5.09. The molecule has 0 bridgehead atoms. The highest BCUT2D eigenvalue weighted by atomic mass is 16.6. The topological polar surface area (TPSA) is 52.6 Å². The molecule has 1 aromatic rings. The Labute approximate surface area is 150 Å². The first kappa shape index (κ1) is 19.2. The van der Waals surface area contributed by atoms with Gasteiger partial charge < -0.3 is 9.47 Å². The van der Waals surface area contributed by atoms with Gasteiger partial charge >= 0.3 is 11.9 Å². The molecule has 0 N–H and O–H groups in total. The number of rotatable bonds is 7. The van der Waals surface area contributed by atoms with Crippen molar-refractivity contribution in [3.05, 3.63) is 48.0 Å². The van der Waals surface area contributed by atoms with Crippen molar-refractivity contribution in [3.63, 3.8) is 0 Å². The van der Waals surface area contributed by atoms with E-state index in [0.29, 0.717) is 12.0 Å². The van der Waals surface area contributed by atoms with Crippen LogP contribution in [0.25, 0.3) is 0 Å². The maximum Gasteiger partial charge on any atom is 0.333 e. The van der Waals surface area contributed by atoms with Crippen LogP contribution < -0.4 is 0 Å². The van der Waals surface area contributed by atoms with Crippen LogP contribution in [0.15, 0.2) is 42.5 Å². The molecule has 1 unspecified atom stereocenters. The molecule has 0 aromatic heterocycles. The number of ether oxygens (including phenoxy) is 2. The van der Waals surface area contributed by atoms with Crippen LogP contribution in [-0.2, 0) is 24.7 Å². The minimum Gasteiger partial charge on any atom is -0.458 e. The predicted molar refractivity (Wildman–Crippen MR) is 96.9 cm³/mol. The van der Waals surface area contributed by atoms with Crippen molar-refractivity contribution in [2.45, 2.75) is 70.5 Å². The van der Waals surface area contributed by atoms with Gasteiger partial charge in [0.05, 0.1) is 6.42 Å². The van der Waals surface area contributed by atoms with Gasteiger partial charge in [0, 0.05) is 5.57 Å². The second kappa shape index (κ2) is 8.84. The van der Waals surface area contributed by atoms with E-state index >= 15 is 0 Å². The zero-order valence-electron chi connectivity index (χ0n) is 15.3. The van der Waals surface area contributed by atoms with Crippen molar-refractivity contribution < 1.29 is 19.1 Å². The molecule has 0 radical (unpaired) electrons. The molecule has 0 heterocycles. The van der Waals surface area contributed by atoms with E-state index in [2.05, 4.69) is 6.58 Å². The molecular formula is C21H28O4. The lowest BCUT2D eigenvalue weighted by Gasteiger charge is -2.37. The van der Waals surface area contributed by atoms with Gasteiger partial charge in [-0.2, -0.15) is 0 Å². The minimum atomic E-state index is -0.548. The van der Waals surface area contributed by atoms with Crippen molar-refractivity contribution in [3.8, 4) is 0 Å². The van der Waals surface area contributed by atoms with Crippen LogP contribution in [0.1, 0.15) is 64.4 Å². The van der Waals surface area contributed by atoms with Gasteiger partial charge in [-0.15, -0.1) is 0 Å². The summed E-state index contributed by atoms with van der Waals surface area (Å²) in [7, 11) is 0. The molecule has 1 aromatic carbocycles. The van der Waals surface area contributed by atoms with E-state index < -0.39 is 17.7 Å². The molecule has 0 aliphatic heterocycles. The molecule has 0 saturated heterocycles. The summed E-state index contributed by atoms with van der Waals surface area (Å²) in [5.41, 5.74) is 0.836. The molecule has 1 saturated carbocycles. The number of hydrogen-bond donors (Lipinski definition) is 0. The molecule has 25 heavy (non-hydrogen) atoms. The second-order valence-electron chi connectivity index (χ2n) is 6.82. The van der Waals surface area contributed by atoms with E-state index in [0.717, 1.165) is 31.2 Å². The fraction of sp³-hybridized carbons (Fsp3) is 0.524. The number of carbonyl (C=O) groups is 2. The molecule has 1 aliphatic carbocycles. The van der Waals surface area contributed by atoms with Gasteiger partial charge in [0.25, 0.3) is 0 Å². The lowest BCUT2D eigenvalue weighted by Crippen LogP contribution is -2.36. The zero-order chi connectivity index (χ0) is 18.3. The van der Waals surface area contributed by atoms with Gasteiger partial charge in [-0.3, -0.25) is 4.79 Å². The number of esters is 2. The standard InChI is InChI=1S/C21H28O4/c1-4-18(24-20(23)16(2)3)15-19(22)25-21(13-9-6-10-14-21)17-11-7-5-8-12-17/h5,7-8,11-12,18H,2,4,6,9-10,13-15H2,1,3H3. The molecule has 136 valence electrons. The average molecular weight is 344 g/mol.